The maximum Gasteiger partial charge on any atom is 0.337 e. The maximum absolute atomic E-state index is 11.4. The molecule has 0 radical (unpaired) electrons. The summed E-state index contributed by atoms with van der Waals surface area (Å²) in [5.41, 5.74) is 7.85. The van der Waals surface area contributed by atoms with Gasteiger partial charge in [-0.2, -0.15) is 0 Å². The van der Waals surface area contributed by atoms with Crippen LogP contribution in [0.3, 0.4) is 0 Å². The Kier molecular flexibility index (Phi) is 5.67. The van der Waals surface area contributed by atoms with Crippen LogP contribution in [0.1, 0.15) is 44.0 Å². The molecule has 106 valence electrons. The molecule has 3 N–H and O–H groups in total. The highest BCUT2D eigenvalue weighted by Crippen LogP contribution is 2.22. The smallest absolute Gasteiger partial charge is 0.337 e. The lowest BCUT2D eigenvalue weighted by atomic mass is 10.0. The molecule has 1 aromatic rings. The van der Waals surface area contributed by atoms with Gasteiger partial charge in [0, 0.05) is 6.04 Å². The number of nitrogen functional groups attached to an aromatic ring is 1. The van der Waals surface area contributed by atoms with Crippen LogP contribution in [0.15, 0.2) is 18.2 Å². The minimum atomic E-state index is -0.369. The fourth-order valence-electron chi connectivity index (χ4n) is 1.86. The van der Waals surface area contributed by atoms with Crippen LogP contribution in [0, 0.1) is 5.92 Å². The first-order valence-corrected chi connectivity index (χ1v) is 6.68. The highest BCUT2D eigenvalue weighted by Gasteiger charge is 2.10. The van der Waals surface area contributed by atoms with Crippen molar-refractivity contribution in [3.8, 4) is 0 Å². The Bertz CT molecular complexity index is 430. The molecule has 0 spiro atoms. The average molecular weight is 264 g/mol. The van der Waals surface area contributed by atoms with Gasteiger partial charge in [-0.15, -0.1) is 0 Å². The highest BCUT2D eigenvalue weighted by molar-refractivity contribution is 5.91. The summed E-state index contributed by atoms with van der Waals surface area (Å²) in [4.78, 5) is 11.4. The van der Waals surface area contributed by atoms with Crippen molar-refractivity contribution < 1.29 is 9.53 Å². The van der Waals surface area contributed by atoms with Crippen molar-refractivity contribution >= 4 is 17.3 Å². The molecule has 0 aliphatic heterocycles. The van der Waals surface area contributed by atoms with Gasteiger partial charge in [-0.25, -0.2) is 4.79 Å². The van der Waals surface area contributed by atoms with Gasteiger partial charge in [-0.3, -0.25) is 0 Å². The van der Waals surface area contributed by atoms with Gasteiger partial charge in [0.05, 0.1) is 24.0 Å². The lowest BCUT2D eigenvalue weighted by molar-refractivity contribution is 0.0601. The average Bonchev–Trinajstić information content (AvgIpc) is 2.37. The van der Waals surface area contributed by atoms with Crippen molar-refractivity contribution in [1.29, 1.82) is 0 Å². The van der Waals surface area contributed by atoms with Gasteiger partial charge in [0.1, 0.15) is 0 Å². The fraction of sp³-hybridized carbons (Fsp3) is 0.533. The van der Waals surface area contributed by atoms with Crippen LogP contribution in [0.25, 0.3) is 0 Å². The van der Waals surface area contributed by atoms with Crippen LogP contribution >= 0.6 is 0 Å². The Morgan fingerprint density at radius 2 is 2.00 bits per heavy atom. The molecule has 0 fully saturated rings. The second kappa shape index (κ2) is 7.02. The van der Waals surface area contributed by atoms with Gasteiger partial charge < -0.3 is 15.8 Å². The van der Waals surface area contributed by atoms with Crippen LogP contribution in [-0.4, -0.2) is 19.1 Å². The summed E-state index contributed by atoms with van der Waals surface area (Å²) in [6, 6.07) is 5.55. The van der Waals surface area contributed by atoms with Crippen molar-refractivity contribution in [3.63, 3.8) is 0 Å². The zero-order valence-corrected chi connectivity index (χ0v) is 12.2. The number of carbonyl (C=O) groups is 1. The Morgan fingerprint density at radius 1 is 1.32 bits per heavy atom. The van der Waals surface area contributed by atoms with E-state index in [9.17, 15) is 4.79 Å². The molecular formula is C15H24N2O2. The van der Waals surface area contributed by atoms with Crippen molar-refractivity contribution in [2.75, 3.05) is 18.2 Å². The van der Waals surface area contributed by atoms with Crippen molar-refractivity contribution in [2.24, 2.45) is 5.92 Å². The zero-order valence-electron chi connectivity index (χ0n) is 12.2. The summed E-state index contributed by atoms with van der Waals surface area (Å²) in [5, 5.41) is 3.37. The third kappa shape index (κ3) is 4.81. The van der Waals surface area contributed by atoms with Gasteiger partial charge in [-0.05, 0) is 43.9 Å². The summed E-state index contributed by atoms with van der Waals surface area (Å²) in [6.45, 7) is 6.56. The van der Waals surface area contributed by atoms with Crippen molar-refractivity contribution in [2.45, 2.75) is 39.7 Å². The number of hydrogen-bond donors (Lipinski definition) is 2. The van der Waals surface area contributed by atoms with Crippen LogP contribution in [0.4, 0.5) is 11.4 Å². The number of nitrogens with one attached hydrogen (secondary N) is 1. The highest BCUT2D eigenvalue weighted by atomic mass is 16.5. The molecule has 1 rings (SSSR count). The van der Waals surface area contributed by atoms with Gasteiger partial charge in [-0.1, -0.05) is 13.8 Å². The third-order valence-electron chi connectivity index (χ3n) is 3.05. The lowest BCUT2D eigenvalue weighted by Crippen LogP contribution is -2.17. The first-order chi connectivity index (χ1) is 8.93. The predicted molar refractivity (Wildman–Crippen MR) is 79.4 cm³/mol. The molecule has 0 amide bonds. The van der Waals surface area contributed by atoms with E-state index >= 15 is 0 Å². The molecule has 1 aromatic carbocycles. The minimum Gasteiger partial charge on any atom is -0.465 e. The Morgan fingerprint density at radius 3 is 2.53 bits per heavy atom. The molecule has 0 aliphatic rings. The second-order valence-electron chi connectivity index (χ2n) is 5.31. The van der Waals surface area contributed by atoms with Crippen LogP contribution in [-0.2, 0) is 4.74 Å². The van der Waals surface area contributed by atoms with Crippen LogP contribution < -0.4 is 11.1 Å². The number of anilines is 2. The monoisotopic (exact) mass is 264 g/mol. The van der Waals surface area contributed by atoms with Crippen molar-refractivity contribution in [1.82, 2.24) is 0 Å². The summed E-state index contributed by atoms with van der Waals surface area (Å²) in [7, 11) is 1.36. The zero-order chi connectivity index (χ0) is 14.4. The van der Waals surface area contributed by atoms with Crippen LogP contribution in [0.2, 0.25) is 0 Å². The van der Waals surface area contributed by atoms with E-state index in [1.165, 1.54) is 13.5 Å². The van der Waals surface area contributed by atoms with Crippen molar-refractivity contribution in [3.05, 3.63) is 23.8 Å². The molecule has 0 saturated carbocycles. The number of hydrogen-bond acceptors (Lipinski definition) is 4. The number of nitrogens with two attached hydrogens (primary N) is 1. The molecule has 0 aliphatic carbocycles. The number of benzene rings is 1. The molecule has 4 nitrogen and oxygen atoms in total. The fourth-order valence-corrected chi connectivity index (χ4v) is 1.86. The molecule has 1 atom stereocenters. The first-order valence-electron chi connectivity index (χ1n) is 6.68. The quantitative estimate of drug-likeness (QED) is 0.611. The van der Waals surface area contributed by atoms with E-state index in [1.54, 1.807) is 12.1 Å². The Labute approximate surface area is 115 Å². The normalized spacial score (nSPS) is 12.3. The van der Waals surface area contributed by atoms with E-state index in [2.05, 4.69) is 30.8 Å². The first kappa shape index (κ1) is 15.3. The standard InChI is InChI=1S/C15H24N2O2/c1-10(2)5-6-11(3)17-14-8-7-12(9-13(14)16)15(18)19-4/h7-11,17H,5-6,16H2,1-4H3. The van der Waals surface area contributed by atoms with Gasteiger partial charge in [0.2, 0.25) is 0 Å². The van der Waals surface area contributed by atoms with E-state index < -0.39 is 0 Å². The molecule has 1 unspecified atom stereocenters. The molecule has 0 bridgehead atoms. The Balaban J connectivity index is 2.67. The summed E-state index contributed by atoms with van der Waals surface area (Å²) in [6.07, 6.45) is 2.27. The SMILES string of the molecule is COC(=O)c1ccc(NC(C)CCC(C)C)c(N)c1. The molecule has 4 heteroatoms. The minimum absolute atomic E-state index is 0.355. The maximum atomic E-state index is 11.4. The summed E-state index contributed by atoms with van der Waals surface area (Å²) >= 11 is 0. The number of ether oxygens (including phenoxy) is 1. The van der Waals surface area contributed by atoms with Gasteiger partial charge >= 0.3 is 5.97 Å². The molecular weight excluding hydrogens is 240 g/mol. The van der Waals surface area contributed by atoms with Crippen LogP contribution in [0.5, 0.6) is 0 Å². The second-order valence-corrected chi connectivity index (χ2v) is 5.31. The molecule has 0 saturated heterocycles. The third-order valence-corrected chi connectivity index (χ3v) is 3.05. The van der Waals surface area contributed by atoms with Gasteiger partial charge in [0.25, 0.3) is 0 Å². The van der Waals surface area contributed by atoms with E-state index in [-0.39, 0.29) is 5.97 Å². The predicted octanol–water partition coefficient (Wildman–Crippen LogP) is 3.29. The topological polar surface area (TPSA) is 64.3 Å². The van der Waals surface area contributed by atoms with E-state index in [0.717, 1.165) is 12.1 Å². The molecule has 0 aromatic heterocycles. The number of methoxy groups -OCH3 is 1. The number of esters is 1. The largest absolute Gasteiger partial charge is 0.465 e. The number of rotatable bonds is 6. The molecule has 0 heterocycles. The molecule has 19 heavy (non-hydrogen) atoms. The van der Waals surface area contributed by atoms with E-state index in [0.29, 0.717) is 23.2 Å². The lowest BCUT2D eigenvalue weighted by Gasteiger charge is -2.18. The summed E-state index contributed by atoms with van der Waals surface area (Å²) in [5.74, 6) is 0.328. The summed E-state index contributed by atoms with van der Waals surface area (Å²) < 4.78 is 4.66. The van der Waals surface area contributed by atoms with E-state index in [4.69, 9.17) is 5.73 Å². The van der Waals surface area contributed by atoms with E-state index in [1.807, 2.05) is 6.07 Å². The Hall–Kier alpha value is -1.71. The van der Waals surface area contributed by atoms with Gasteiger partial charge in [0.15, 0.2) is 0 Å². The number of carbonyl (C=O) groups excluding carboxylic acids is 1.